The number of anilines is 1. The third kappa shape index (κ3) is 3.98. The smallest absolute Gasteiger partial charge is 0.173 e. The molecule has 0 unspecified atom stereocenters. The number of aliphatic hydroxyl groups excluding tert-OH is 1. The van der Waals surface area contributed by atoms with Crippen molar-refractivity contribution in [3.05, 3.63) is 18.2 Å². The molecule has 1 aliphatic rings. The lowest BCUT2D eigenvalue weighted by Gasteiger charge is -2.36. The molecule has 0 aromatic heterocycles. The number of piperidine rings is 1. The highest BCUT2D eigenvalue weighted by Gasteiger charge is 2.23. The number of aliphatic hydroxyl groups is 1. The number of hydrogen-bond acceptors (Lipinski definition) is 4. The normalized spacial score (nSPS) is 18.2. The number of ether oxygens (including phenoxy) is 2. The second-order valence-electron chi connectivity index (χ2n) is 5.06. The molecule has 0 spiro atoms. The topological polar surface area (TPSA) is 54.0 Å². The summed E-state index contributed by atoms with van der Waals surface area (Å²) in [5.74, 6) is 1.41. The molecular formula is C15H22N2O3S. The number of benzene rings is 1. The van der Waals surface area contributed by atoms with Crippen molar-refractivity contribution in [1.29, 1.82) is 0 Å². The summed E-state index contributed by atoms with van der Waals surface area (Å²) in [5, 5.41) is 13.3. The van der Waals surface area contributed by atoms with Crippen LogP contribution in [0.5, 0.6) is 11.5 Å². The minimum atomic E-state index is 0.103. The van der Waals surface area contributed by atoms with Crippen molar-refractivity contribution in [2.75, 3.05) is 32.7 Å². The van der Waals surface area contributed by atoms with Gasteiger partial charge in [-0.15, -0.1) is 0 Å². The lowest BCUT2D eigenvalue weighted by atomic mass is 10.0. The van der Waals surface area contributed by atoms with E-state index >= 15 is 0 Å². The zero-order chi connectivity index (χ0) is 15.2. The molecule has 21 heavy (non-hydrogen) atoms. The van der Waals surface area contributed by atoms with E-state index in [9.17, 15) is 5.11 Å². The van der Waals surface area contributed by atoms with Crippen molar-refractivity contribution in [2.45, 2.75) is 25.3 Å². The van der Waals surface area contributed by atoms with E-state index in [1.165, 1.54) is 0 Å². The average molecular weight is 310 g/mol. The van der Waals surface area contributed by atoms with Crippen molar-refractivity contribution < 1.29 is 14.6 Å². The Morgan fingerprint density at radius 2 is 1.95 bits per heavy atom. The van der Waals surface area contributed by atoms with Crippen molar-refractivity contribution in [2.24, 2.45) is 0 Å². The van der Waals surface area contributed by atoms with Crippen LogP contribution in [0.3, 0.4) is 0 Å². The van der Waals surface area contributed by atoms with Crippen LogP contribution in [-0.2, 0) is 0 Å². The largest absolute Gasteiger partial charge is 0.497 e. The third-order valence-corrected chi connectivity index (χ3v) is 4.04. The summed E-state index contributed by atoms with van der Waals surface area (Å²) in [7, 11) is 3.23. The van der Waals surface area contributed by atoms with Crippen LogP contribution in [0.2, 0.25) is 0 Å². The Hall–Kier alpha value is -1.53. The zero-order valence-corrected chi connectivity index (χ0v) is 13.3. The maximum Gasteiger partial charge on any atom is 0.173 e. The van der Waals surface area contributed by atoms with Gasteiger partial charge in [-0.3, -0.25) is 0 Å². The Labute approximate surface area is 130 Å². The number of methoxy groups -OCH3 is 2. The van der Waals surface area contributed by atoms with Gasteiger partial charge in [0.25, 0.3) is 0 Å². The molecule has 116 valence electrons. The van der Waals surface area contributed by atoms with E-state index in [0.29, 0.717) is 16.6 Å². The van der Waals surface area contributed by atoms with Gasteiger partial charge in [-0.05, 0) is 31.5 Å². The van der Waals surface area contributed by atoms with E-state index in [4.69, 9.17) is 21.7 Å². The van der Waals surface area contributed by atoms with E-state index in [2.05, 4.69) is 10.2 Å². The molecule has 0 aliphatic carbocycles. The fourth-order valence-corrected chi connectivity index (χ4v) is 2.89. The lowest BCUT2D eigenvalue weighted by Crippen LogP contribution is -2.47. The molecule has 2 N–H and O–H groups in total. The summed E-state index contributed by atoms with van der Waals surface area (Å²) in [6.45, 7) is 1.00. The summed E-state index contributed by atoms with van der Waals surface area (Å²) >= 11 is 5.48. The summed E-state index contributed by atoms with van der Waals surface area (Å²) in [5.41, 5.74) is 0.818. The number of rotatable bonds is 4. The standard InChI is InChI=1S/C15H22N2O3S/c1-19-13-7-11(8-14(9-13)20-2)16-15(21)17-6-4-3-5-12(17)10-18/h7-9,12,18H,3-6,10H2,1-2H3,(H,16,21)/t12-/m0/s1. The first-order chi connectivity index (χ1) is 10.2. The van der Waals surface area contributed by atoms with Crippen LogP contribution in [-0.4, -0.2) is 48.5 Å². The van der Waals surface area contributed by atoms with Crippen LogP contribution in [0.25, 0.3) is 0 Å². The molecule has 0 saturated carbocycles. The van der Waals surface area contributed by atoms with Gasteiger partial charge in [0, 0.05) is 30.4 Å². The van der Waals surface area contributed by atoms with Gasteiger partial charge in [-0.25, -0.2) is 0 Å². The van der Waals surface area contributed by atoms with E-state index in [-0.39, 0.29) is 12.6 Å². The van der Waals surface area contributed by atoms with E-state index < -0.39 is 0 Å². The van der Waals surface area contributed by atoms with Crippen LogP contribution in [0.1, 0.15) is 19.3 Å². The zero-order valence-electron chi connectivity index (χ0n) is 12.5. The summed E-state index contributed by atoms with van der Waals surface area (Å²) in [6.07, 6.45) is 3.21. The van der Waals surface area contributed by atoms with Crippen LogP contribution >= 0.6 is 12.2 Å². The first-order valence-electron chi connectivity index (χ1n) is 7.09. The van der Waals surface area contributed by atoms with Crippen LogP contribution in [0, 0.1) is 0 Å². The van der Waals surface area contributed by atoms with Crippen LogP contribution in [0.15, 0.2) is 18.2 Å². The fourth-order valence-electron chi connectivity index (χ4n) is 2.53. The van der Waals surface area contributed by atoms with Crippen molar-refractivity contribution in [3.8, 4) is 11.5 Å². The number of thiocarbonyl (C=S) groups is 1. The maximum absolute atomic E-state index is 9.47. The molecule has 0 radical (unpaired) electrons. The molecule has 0 amide bonds. The monoisotopic (exact) mass is 310 g/mol. The second kappa shape index (κ2) is 7.47. The van der Waals surface area contributed by atoms with E-state index in [1.54, 1.807) is 14.2 Å². The predicted octanol–water partition coefficient (Wildman–Crippen LogP) is 2.25. The fraction of sp³-hybridized carbons (Fsp3) is 0.533. The van der Waals surface area contributed by atoms with Gasteiger partial charge >= 0.3 is 0 Å². The van der Waals surface area contributed by atoms with E-state index in [0.717, 1.165) is 31.5 Å². The Morgan fingerprint density at radius 3 is 2.52 bits per heavy atom. The van der Waals surface area contributed by atoms with Gasteiger partial charge in [0.15, 0.2) is 5.11 Å². The Balaban J connectivity index is 2.11. The molecule has 1 fully saturated rings. The van der Waals surface area contributed by atoms with Gasteiger partial charge in [-0.1, -0.05) is 0 Å². The molecule has 1 aromatic rings. The van der Waals surface area contributed by atoms with Gasteiger partial charge < -0.3 is 24.8 Å². The summed E-state index contributed by atoms with van der Waals surface area (Å²) in [6, 6.07) is 5.65. The van der Waals surface area contributed by atoms with E-state index in [1.807, 2.05) is 18.2 Å². The quantitative estimate of drug-likeness (QED) is 0.832. The Kier molecular flexibility index (Phi) is 5.64. The van der Waals surface area contributed by atoms with Gasteiger partial charge in [0.05, 0.1) is 26.9 Å². The molecule has 0 bridgehead atoms. The van der Waals surface area contributed by atoms with Crippen molar-refractivity contribution in [3.63, 3.8) is 0 Å². The highest BCUT2D eigenvalue weighted by Crippen LogP contribution is 2.26. The second-order valence-corrected chi connectivity index (χ2v) is 5.44. The summed E-state index contributed by atoms with van der Waals surface area (Å²) in [4.78, 5) is 2.06. The van der Waals surface area contributed by atoms with Crippen molar-refractivity contribution >= 4 is 23.0 Å². The SMILES string of the molecule is COc1cc(NC(=S)N2CCCC[C@H]2CO)cc(OC)c1. The number of nitrogens with one attached hydrogen (secondary N) is 1. The summed E-state index contributed by atoms with van der Waals surface area (Å²) < 4.78 is 10.5. The molecule has 1 atom stereocenters. The van der Waals surface area contributed by atoms with Crippen molar-refractivity contribution in [1.82, 2.24) is 4.90 Å². The molecule has 1 aromatic carbocycles. The molecule has 5 nitrogen and oxygen atoms in total. The Morgan fingerprint density at radius 1 is 1.29 bits per heavy atom. The number of likely N-dealkylation sites (tertiary alicyclic amines) is 1. The lowest BCUT2D eigenvalue weighted by molar-refractivity contribution is 0.149. The highest BCUT2D eigenvalue weighted by molar-refractivity contribution is 7.80. The minimum absolute atomic E-state index is 0.103. The highest BCUT2D eigenvalue weighted by atomic mass is 32.1. The third-order valence-electron chi connectivity index (χ3n) is 3.70. The number of nitrogens with zero attached hydrogens (tertiary/aromatic N) is 1. The van der Waals surface area contributed by atoms with Gasteiger partial charge in [0.2, 0.25) is 0 Å². The maximum atomic E-state index is 9.47. The molecule has 6 heteroatoms. The predicted molar refractivity (Wildman–Crippen MR) is 87.2 cm³/mol. The van der Waals surface area contributed by atoms with Crippen LogP contribution in [0.4, 0.5) is 5.69 Å². The molecule has 1 aliphatic heterocycles. The van der Waals surface area contributed by atoms with Crippen LogP contribution < -0.4 is 14.8 Å². The molecule has 2 rings (SSSR count). The molecular weight excluding hydrogens is 288 g/mol. The number of hydrogen-bond donors (Lipinski definition) is 2. The average Bonchev–Trinajstić information content (AvgIpc) is 2.54. The first-order valence-corrected chi connectivity index (χ1v) is 7.50. The first kappa shape index (κ1) is 15.9. The van der Waals surface area contributed by atoms with Gasteiger partial charge in [-0.2, -0.15) is 0 Å². The van der Waals surface area contributed by atoms with Gasteiger partial charge in [0.1, 0.15) is 11.5 Å². The molecule has 1 saturated heterocycles. The Bertz CT molecular complexity index is 474. The molecule has 1 heterocycles. The minimum Gasteiger partial charge on any atom is -0.497 e.